The Morgan fingerprint density at radius 2 is 2.05 bits per heavy atom. The van der Waals surface area contributed by atoms with Gasteiger partial charge in [-0.05, 0) is 31.4 Å². The number of likely N-dealkylation sites (tertiary alicyclic amines) is 1. The molecule has 3 nitrogen and oxygen atoms in total. The first-order chi connectivity index (χ1) is 9.52. The molecule has 20 heavy (non-hydrogen) atoms. The minimum atomic E-state index is -0.500. The highest BCUT2D eigenvalue weighted by Crippen LogP contribution is 2.26. The number of hydrogen-bond donors (Lipinski definition) is 2. The molecule has 3 heteroatoms. The molecule has 0 aromatic heterocycles. The van der Waals surface area contributed by atoms with Gasteiger partial charge in [0.05, 0.1) is 5.60 Å². The molecule has 0 saturated carbocycles. The molecule has 0 spiro atoms. The molecule has 1 aromatic carbocycles. The summed E-state index contributed by atoms with van der Waals surface area (Å²) in [5.74, 6) is 0.520. The van der Waals surface area contributed by atoms with Gasteiger partial charge in [-0.15, -0.1) is 0 Å². The van der Waals surface area contributed by atoms with Crippen molar-refractivity contribution in [3.63, 3.8) is 0 Å². The van der Waals surface area contributed by atoms with E-state index in [1.807, 2.05) is 6.92 Å². The van der Waals surface area contributed by atoms with E-state index in [1.54, 1.807) is 0 Å². The van der Waals surface area contributed by atoms with E-state index in [0.717, 1.165) is 32.6 Å². The molecule has 0 bridgehead atoms. The third-order valence-electron chi connectivity index (χ3n) is 4.23. The molecule has 0 radical (unpaired) electrons. The predicted molar refractivity (Wildman–Crippen MR) is 83.7 cm³/mol. The Hall–Kier alpha value is -0.900. The summed E-state index contributed by atoms with van der Waals surface area (Å²) in [7, 11) is 0. The largest absolute Gasteiger partial charge is 0.389 e. The standard InChI is InChI=1S/C17H28N2O/c1-4-18-16(15-8-6-5-7-9-15)14(2)12-19-11-10-17(3,20)13-19/h5-9,14,16,18,20H,4,10-13H2,1-3H3. The van der Waals surface area contributed by atoms with E-state index in [0.29, 0.717) is 12.0 Å². The average Bonchev–Trinajstić information content (AvgIpc) is 2.76. The van der Waals surface area contributed by atoms with Gasteiger partial charge in [0.2, 0.25) is 0 Å². The van der Waals surface area contributed by atoms with Crippen LogP contribution in [0.3, 0.4) is 0 Å². The van der Waals surface area contributed by atoms with Crippen LogP contribution in [0.15, 0.2) is 30.3 Å². The fourth-order valence-electron chi connectivity index (χ4n) is 3.24. The maximum atomic E-state index is 10.1. The van der Waals surface area contributed by atoms with Gasteiger partial charge in [0.25, 0.3) is 0 Å². The van der Waals surface area contributed by atoms with Gasteiger partial charge in [0.1, 0.15) is 0 Å². The van der Waals surface area contributed by atoms with Gasteiger partial charge in [0, 0.05) is 25.7 Å². The molecule has 1 fully saturated rings. The quantitative estimate of drug-likeness (QED) is 0.837. The fraction of sp³-hybridized carbons (Fsp3) is 0.647. The number of hydrogen-bond acceptors (Lipinski definition) is 3. The van der Waals surface area contributed by atoms with Crippen LogP contribution in [0, 0.1) is 5.92 Å². The number of nitrogens with zero attached hydrogens (tertiary/aromatic N) is 1. The second kappa shape index (κ2) is 6.70. The van der Waals surface area contributed by atoms with Gasteiger partial charge < -0.3 is 15.3 Å². The molecule has 112 valence electrons. The van der Waals surface area contributed by atoms with Crippen molar-refractivity contribution < 1.29 is 5.11 Å². The van der Waals surface area contributed by atoms with Crippen LogP contribution in [-0.2, 0) is 0 Å². The van der Waals surface area contributed by atoms with Crippen LogP contribution in [0.1, 0.15) is 38.8 Å². The third kappa shape index (κ3) is 4.05. The monoisotopic (exact) mass is 276 g/mol. The molecular formula is C17H28N2O. The van der Waals surface area contributed by atoms with Gasteiger partial charge in [-0.1, -0.05) is 44.2 Å². The minimum Gasteiger partial charge on any atom is -0.389 e. The van der Waals surface area contributed by atoms with Crippen molar-refractivity contribution in [3.05, 3.63) is 35.9 Å². The van der Waals surface area contributed by atoms with Gasteiger partial charge in [0.15, 0.2) is 0 Å². The Balaban J connectivity index is 1.99. The van der Waals surface area contributed by atoms with Crippen LogP contribution < -0.4 is 5.32 Å². The van der Waals surface area contributed by atoms with Crippen molar-refractivity contribution in [1.82, 2.24) is 10.2 Å². The second-order valence-electron chi connectivity index (χ2n) is 6.41. The molecule has 1 saturated heterocycles. The summed E-state index contributed by atoms with van der Waals surface area (Å²) in [5.41, 5.74) is 0.855. The molecule has 0 amide bonds. The molecule has 1 aliphatic heterocycles. The molecule has 3 unspecified atom stereocenters. The Morgan fingerprint density at radius 1 is 1.35 bits per heavy atom. The zero-order chi connectivity index (χ0) is 14.6. The SMILES string of the molecule is CCNC(c1ccccc1)C(C)CN1CCC(C)(O)C1. The Kier molecular flexibility index (Phi) is 5.19. The Morgan fingerprint density at radius 3 is 2.60 bits per heavy atom. The van der Waals surface area contributed by atoms with Crippen molar-refractivity contribution in [2.24, 2.45) is 5.92 Å². The first kappa shape index (κ1) is 15.5. The minimum absolute atomic E-state index is 0.381. The van der Waals surface area contributed by atoms with Gasteiger partial charge in [-0.2, -0.15) is 0 Å². The summed E-state index contributed by atoms with van der Waals surface area (Å²) in [4.78, 5) is 2.39. The molecule has 2 N–H and O–H groups in total. The van der Waals surface area contributed by atoms with E-state index in [9.17, 15) is 5.11 Å². The summed E-state index contributed by atoms with van der Waals surface area (Å²) >= 11 is 0. The average molecular weight is 276 g/mol. The van der Waals surface area contributed by atoms with Gasteiger partial charge in [-0.25, -0.2) is 0 Å². The first-order valence-corrected chi connectivity index (χ1v) is 7.75. The van der Waals surface area contributed by atoms with Crippen LogP contribution in [0.4, 0.5) is 0 Å². The van der Waals surface area contributed by atoms with Crippen molar-refractivity contribution in [3.8, 4) is 0 Å². The molecule has 1 aromatic rings. The van der Waals surface area contributed by atoms with Gasteiger partial charge in [-0.3, -0.25) is 0 Å². The summed E-state index contributed by atoms with van der Waals surface area (Å²) in [6.45, 7) is 10.2. The Labute approximate surface area is 123 Å². The van der Waals surface area contributed by atoms with E-state index in [2.05, 4.69) is 54.4 Å². The molecule has 1 heterocycles. The predicted octanol–water partition coefficient (Wildman–Crippen LogP) is 2.43. The highest BCUT2D eigenvalue weighted by Gasteiger charge is 2.32. The summed E-state index contributed by atoms with van der Waals surface area (Å²) in [6, 6.07) is 11.1. The lowest BCUT2D eigenvalue weighted by Gasteiger charge is -2.29. The highest BCUT2D eigenvalue weighted by molar-refractivity contribution is 5.19. The maximum absolute atomic E-state index is 10.1. The van der Waals surface area contributed by atoms with Crippen molar-refractivity contribution >= 4 is 0 Å². The smallest absolute Gasteiger partial charge is 0.0758 e. The van der Waals surface area contributed by atoms with Crippen LogP contribution in [0.25, 0.3) is 0 Å². The zero-order valence-corrected chi connectivity index (χ0v) is 13.0. The van der Waals surface area contributed by atoms with Crippen molar-refractivity contribution in [2.75, 3.05) is 26.2 Å². The van der Waals surface area contributed by atoms with E-state index < -0.39 is 5.60 Å². The topological polar surface area (TPSA) is 35.5 Å². The summed E-state index contributed by atoms with van der Waals surface area (Å²) in [6.07, 6.45) is 0.886. The number of nitrogens with one attached hydrogen (secondary N) is 1. The highest BCUT2D eigenvalue weighted by atomic mass is 16.3. The van der Waals surface area contributed by atoms with E-state index in [-0.39, 0.29) is 0 Å². The van der Waals surface area contributed by atoms with Crippen LogP contribution >= 0.6 is 0 Å². The zero-order valence-electron chi connectivity index (χ0n) is 13.0. The molecular weight excluding hydrogens is 248 g/mol. The molecule has 0 aliphatic carbocycles. The van der Waals surface area contributed by atoms with Crippen LogP contribution in [0.2, 0.25) is 0 Å². The lowest BCUT2D eigenvalue weighted by atomic mass is 9.94. The number of aliphatic hydroxyl groups is 1. The molecule has 1 aliphatic rings. The number of benzene rings is 1. The molecule has 3 atom stereocenters. The fourth-order valence-corrected chi connectivity index (χ4v) is 3.24. The summed E-state index contributed by atoms with van der Waals surface area (Å²) in [5, 5.41) is 13.7. The normalized spacial score (nSPS) is 26.6. The third-order valence-corrected chi connectivity index (χ3v) is 4.23. The van der Waals surface area contributed by atoms with Crippen LogP contribution in [0.5, 0.6) is 0 Å². The molecule has 2 rings (SSSR count). The van der Waals surface area contributed by atoms with Crippen LogP contribution in [-0.4, -0.2) is 41.8 Å². The second-order valence-corrected chi connectivity index (χ2v) is 6.41. The summed E-state index contributed by atoms with van der Waals surface area (Å²) < 4.78 is 0. The maximum Gasteiger partial charge on any atom is 0.0758 e. The lowest BCUT2D eigenvalue weighted by Crippen LogP contribution is -2.37. The van der Waals surface area contributed by atoms with E-state index >= 15 is 0 Å². The van der Waals surface area contributed by atoms with E-state index in [4.69, 9.17) is 0 Å². The number of β-amino-alcohol motifs (C(OH)–C–C–N with tert-alkyl or cyclic N) is 1. The van der Waals surface area contributed by atoms with E-state index in [1.165, 1.54) is 5.56 Å². The lowest BCUT2D eigenvalue weighted by molar-refractivity contribution is 0.0660. The first-order valence-electron chi connectivity index (χ1n) is 7.75. The Bertz CT molecular complexity index is 405. The van der Waals surface area contributed by atoms with Crippen molar-refractivity contribution in [2.45, 2.75) is 38.8 Å². The van der Waals surface area contributed by atoms with Crippen molar-refractivity contribution in [1.29, 1.82) is 0 Å². The number of rotatable bonds is 6. The van der Waals surface area contributed by atoms with Gasteiger partial charge >= 0.3 is 0 Å².